The van der Waals surface area contributed by atoms with Crippen molar-refractivity contribution in [3.63, 3.8) is 0 Å². The Hall–Kier alpha value is -4.25. The number of hydrazine groups is 1. The Morgan fingerprint density at radius 3 is 2.66 bits per heavy atom. The van der Waals surface area contributed by atoms with Crippen molar-refractivity contribution in [3.8, 4) is 16.3 Å². The van der Waals surface area contributed by atoms with Gasteiger partial charge >= 0.3 is 12.0 Å². The summed E-state index contributed by atoms with van der Waals surface area (Å²) in [5.41, 5.74) is 3.56. The summed E-state index contributed by atoms with van der Waals surface area (Å²) in [4.78, 5) is 50.9. The van der Waals surface area contributed by atoms with E-state index in [9.17, 15) is 19.2 Å². The fourth-order valence-corrected chi connectivity index (χ4v) is 5.37. The summed E-state index contributed by atoms with van der Waals surface area (Å²) in [6.45, 7) is 1.46. The number of carbonyl (C=O) groups is 4. The molecule has 196 valence electrons. The van der Waals surface area contributed by atoms with Crippen molar-refractivity contribution in [2.45, 2.75) is 38.1 Å². The quantitative estimate of drug-likeness (QED) is 0.271. The van der Waals surface area contributed by atoms with Crippen molar-refractivity contribution < 1.29 is 23.9 Å². The zero-order chi connectivity index (χ0) is 26.7. The molecule has 11 heteroatoms. The number of nitrogens with one attached hydrogen (secondary N) is 2. The van der Waals surface area contributed by atoms with Crippen LogP contribution in [0.4, 0.5) is 4.79 Å². The molecular formula is C27H27N5O5S. The smallest absolute Gasteiger partial charge is 0.344 e. The molecule has 0 radical (unpaired) electrons. The number of benzene rings is 1. The van der Waals surface area contributed by atoms with E-state index in [1.807, 2.05) is 47.8 Å². The minimum absolute atomic E-state index is 0.481. The van der Waals surface area contributed by atoms with Gasteiger partial charge in [0.25, 0.3) is 11.8 Å². The standard InChI is InChI=1S/C27H27N5O5S/c1-18-11-13-27(14-12-18)25(35)32(26(36)28-27)29-22(33)17-37-23(34)10-9-19-16-31(20-6-3-2-4-7-20)30-24(19)21-8-5-15-38-21/h2-10,15-16,18H,11-14,17H2,1H3,(H,28,36)(H,29,33). The molecule has 3 aromatic rings. The first kappa shape index (κ1) is 25.4. The van der Waals surface area contributed by atoms with E-state index in [0.717, 1.165) is 23.4 Å². The van der Waals surface area contributed by atoms with Crippen LogP contribution < -0.4 is 10.7 Å². The summed E-state index contributed by atoms with van der Waals surface area (Å²) in [7, 11) is 0. The number of urea groups is 1. The maximum atomic E-state index is 12.9. The highest BCUT2D eigenvalue weighted by Gasteiger charge is 2.52. The fourth-order valence-electron chi connectivity index (χ4n) is 4.64. The first-order chi connectivity index (χ1) is 18.3. The van der Waals surface area contributed by atoms with Gasteiger partial charge in [-0.05, 0) is 61.3 Å². The van der Waals surface area contributed by atoms with Gasteiger partial charge in [0.15, 0.2) is 6.61 Å². The number of ether oxygens (including phenoxy) is 1. The molecule has 1 saturated carbocycles. The maximum Gasteiger partial charge on any atom is 0.344 e. The molecule has 1 spiro atoms. The average Bonchev–Trinajstić information content (AvgIpc) is 3.65. The summed E-state index contributed by atoms with van der Waals surface area (Å²) < 4.78 is 6.77. The largest absolute Gasteiger partial charge is 0.452 e. The van der Waals surface area contributed by atoms with Crippen molar-refractivity contribution in [3.05, 3.63) is 65.7 Å². The number of esters is 1. The van der Waals surface area contributed by atoms with E-state index in [-0.39, 0.29) is 0 Å². The van der Waals surface area contributed by atoms with Crippen LogP contribution in [0.3, 0.4) is 0 Å². The number of thiophene rings is 1. The Labute approximate surface area is 223 Å². The van der Waals surface area contributed by atoms with Gasteiger partial charge in [-0.2, -0.15) is 10.1 Å². The predicted molar refractivity (Wildman–Crippen MR) is 141 cm³/mol. The fraction of sp³-hybridized carbons (Fsp3) is 0.296. The number of imide groups is 1. The van der Waals surface area contributed by atoms with E-state index >= 15 is 0 Å². The number of amides is 4. The van der Waals surface area contributed by atoms with Crippen LogP contribution in [-0.4, -0.2) is 50.7 Å². The molecule has 38 heavy (non-hydrogen) atoms. The molecule has 3 heterocycles. The maximum absolute atomic E-state index is 12.9. The molecular weight excluding hydrogens is 506 g/mol. The van der Waals surface area contributed by atoms with E-state index < -0.39 is 36.0 Å². The van der Waals surface area contributed by atoms with Gasteiger partial charge in [0.2, 0.25) is 0 Å². The normalized spacial score (nSPS) is 21.2. The summed E-state index contributed by atoms with van der Waals surface area (Å²) in [6.07, 6.45) is 7.28. The van der Waals surface area contributed by atoms with Gasteiger partial charge < -0.3 is 10.1 Å². The van der Waals surface area contributed by atoms with Gasteiger partial charge in [0.05, 0.1) is 10.6 Å². The highest BCUT2D eigenvalue weighted by Crippen LogP contribution is 2.35. The SMILES string of the molecule is CC1CCC2(CC1)NC(=O)N(NC(=O)COC(=O)C=Cc1cn(-c3ccccc3)nc1-c1cccs1)C2=O. The zero-order valence-corrected chi connectivity index (χ0v) is 21.6. The average molecular weight is 534 g/mol. The lowest BCUT2D eigenvalue weighted by molar-refractivity contribution is -0.147. The topological polar surface area (TPSA) is 123 Å². The number of para-hydroxylation sites is 1. The summed E-state index contributed by atoms with van der Waals surface area (Å²) in [5.74, 6) is -1.53. The lowest BCUT2D eigenvalue weighted by Gasteiger charge is -2.33. The third-order valence-corrected chi connectivity index (χ3v) is 7.67. The minimum atomic E-state index is -0.971. The Kier molecular flexibility index (Phi) is 7.10. The van der Waals surface area contributed by atoms with Crippen molar-refractivity contribution in [1.82, 2.24) is 25.5 Å². The minimum Gasteiger partial charge on any atom is -0.452 e. The van der Waals surface area contributed by atoms with Crippen LogP contribution in [0.2, 0.25) is 0 Å². The number of carbonyl (C=O) groups excluding carboxylic acids is 4. The second-order valence-electron chi connectivity index (χ2n) is 9.50. The Balaban J connectivity index is 1.20. The van der Waals surface area contributed by atoms with E-state index in [4.69, 9.17) is 4.74 Å². The number of hydrogen-bond acceptors (Lipinski definition) is 7. The summed E-state index contributed by atoms with van der Waals surface area (Å²) >= 11 is 1.53. The molecule has 0 atom stereocenters. The van der Waals surface area contributed by atoms with Gasteiger partial charge in [-0.15, -0.1) is 11.3 Å². The van der Waals surface area contributed by atoms with Crippen LogP contribution in [-0.2, 0) is 19.1 Å². The third-order valence-electron chi connectivity index (χ3n) is 6.79. The monoisotopic (exact) mass is 533 g/mol. The second kappa shape index (κ2) is 10.6. The second-order valence-corrected chi connectivity index (χ2v) is 10.4. The van der Waals surface area contributed by atoms with Crippen molar-refractivity contribution in [2.24, 2.45) is 5.92 Å². The zero-order valence-electron chi connectivity index (χ0n) is 20.8. The predicted octanol–water partition coefficient (Wildman–Crippen LogP) is 3.69. The molecule has 1 aliphatic carbocycles. The van der Waals surface area contributed by atoms with Crippen LogP contribution in [0.5, 0.6) is 0 Å². The lowest BCUT2D eigenvalue weighted by atomic mass is 9.77. The van der Waals surface area contributed by atoms with Crippen molar-refractivity contribution in [1.29, 1.82) is 0 Å². The number of aromatic nitrogens is 2. The Morgan fingerprint density at radius 2 is 1.95 bits per heavy atom. The van der Waals surface area contributed by atoms with Gasteiger partial charge in [0.1, 0.15) is 11.2 Å². The lowest BCUT2D eigenvalue weighted by Crippen LogP contribution is -2.52. The summed E-state index contributed by atoms with van der Waals surface area (Å²) in [6, 6.07) is 12.8. The van der Waals surface area contributed by atoms with Crippen molar-refractivity contribution in [2.75, 3.05) is 6.61 Å². The summed E-state index contributed by atoms with van der Waals surface area (Å²) in [5, 5.41) is 10.0. The van der Waals surface area contributed by atoms with Gasteiger partial charge in [-0.1, -0.05) is 31.2 Å². The molecule has 2 fully saturated rings. The number of hydrogen-bond donors (Lipinski definition) is 2. The highest BCUT2D eigenvalue weighted by molar-refractivity contribution is 7.13. The molecule has 4 amide bonds. The highest BCUT2D eigenvalue weighted by atomic mass is 32.1. The van der Waals surface area contributed by atoms with Gasteiger partial charge in [-0.3, -0.25) is 15.0 Å². The van der Waals surface area contributed by atoms with Gasteiger partial charge in [0, 0.05) is 17.8 Å². The number of rotatable bonds is 7. The molecule has 1 aromatic carbocycles. The van der Waals surface area contributed by atoms with Crippen LogP contribution in [0.25, 0.3) is 22.3 Å². The van der Waals surface area contributed by atoms with Gasteiger partial charge in [-0.25, -0.2) is 14.3 Å². The third kappa shape index (κ3) is 5.23. The van der Waals surface area contributed by atoms with Crippen LogP contribution >= 0.6 is 11.3 Å². The number of nitrogens with zero attached hydrogens (tertiary/aromatic N) is 3. The van der Waals surface area contributed by atoms with Crippen LogP contribution in [0.1, 0.15) is 38.2 Å². The molecule has 2 N–H and O–H groups in total. The van der Waals surface area contributed by atoms with E-state index in [0.29, 0.717) is 35.0 Å². The van der Waals surface area contributed by atoms with E-state index in [2.05, 4.69) is 22.8 Å². The molecule has 0 unspecified atom stereocenters. The molecule has 0 bridgehead atoms. The molecule has 10 nitrogen and oxygen atoms in total. The molecule has 5 rings (SSSR count). The van der Waals surface area contributed by atoms with Crippen LogP contribution in [0.15, 0.2) is 60.1 Å². The molecule has 2 aromatic heterocycles. The van der Waals surface area contributed by atoms with Crippen molar-refractivity contribution >= 4 is 41.2 Å². The van der Waals surface area contributed by atoms with E-state index in [1.54, 1.807) is 17.0 Å². The van der Waals surface area contributed by atoms with Crippen LogP contribution in [0, 0.1) is 5.92 Å². The molecule has 1 aliphatic heterocycles. The van der Waals surface area contributed by atoms with E-state index in [1.165, 1.54) is 17.4 Å². The Bertz CT molecular complexity index is 1370. The first-order valence-corrected chi connectivity index (χ1v) is 13.2. The molecule has 2 aliphatic rings. The Morgan fingerprint density at radius 1 is 1.18 bits per heavy atom. The first-order valence-electron chi connectivity index (χ1n) is 12.3. The molecule has 1 saturated heterocycles.